The van der Waals surface area contributed by atoms with Gasteiger partial charge < -0.3 is 19.8 Å². The summed E-state index contributed by atoms with van der Waals surface area (Å²) in [5.41, 5.74) is 1.18. The number of fused-ring (bicyclic) bond motifs is 1. The highest BCUT2D eigenvalue weighted by atomic mass is 16.5. The number of esters is 1. The van der Waals surface area contributed by atoms with E-state index in [4.69, 9.17) is 9.47 Å². The Balaban J connectivity index is 1.95. The van der Waals surface area contributed by atoms with Gasteiger partial charge in [0.2, 0.25) is 0 Å². The second kappa shape index (κ2) is 6.90. The molecule has 2 N–H and O–H groups in total. The number of para-hydroxylation sites is 1. The van der Waals surface area contributed by atoms with Crippen molar-refractivity contribution < 1.29 is 19.1 Å². The Bertz CT molecular complexity index is 602. The summed E-state index contributed by atoms with van der Waals surface area (Å²) in [5, 5.41) is 3.53. The quantitative estimate of drug-likeness (QED) is 0.623. The van der Waals surface area contributed by atoms with Crippen molar-refractivity contribution in [3.8, 4) is 0 Å². The molecule has 1 heterocycles. The van der Waals surface area contributed by atoms with E-state index in [1.807, 2.05) is 24.3 Å². The monoisotopic (exact) mass is 290 g/mol. The van der Waals surface area contributed by atoms with E-state index in [1.54, 1.807) is 13.2 Å². The van der Waals surface area contributed by atoms with Crippen LogP contribution in [0.2, 0.25) is 0 Å². The van der Waals surface area contributed by atoms with E-state index in [0.29, 0.717) is 18.8 Å². The minimum atomic E-state index is -0.860. The van der Waals surface area contributed by atoms with Gasteiger partial charge in [0, 0.05) is 24.6 Å². The largest absolute Gasteiger partial charge is 0.448 e. The minimum absolute atomic E-state index is 0.327. The molecular formula is C15H18N2O4. The number of aromatic amines is 1. The summed E-state index contributed by atoms with van der Waals surface area (Å²) >= 11 is 0. The van der Waals surface area contributed by atoms with E-state index in [9.17, 15) is 9.59 Å². The molecule has 1 aromatic heterocycles. The molecule has 0 aliphatic carbocycles. The minimum Gasteiger partial charge on any atom is -0.448 e. The topological polar surface area (TPSA) is 80.4 Å². The lowest BCUT2D eigenvalue weighted by molar-refractivity contribution is -0.129. The van der Waals surface area contributed by atoms with Crippen LogP contribution in [0.4, 0.5) is 0 Å². The highest BCUT2D eigenvalue weighted by molar-refractivity contribution is 5.96. The summed E-state index contributed by atoms with van der Waals surface area (Å²) in [5.74, 6) is -0.905. The maximum absolute atomic E-state index is 12.0. The fraction of sp³-hybridized carbons (Fsp3) is 0.333. The van der Waals surface area contributed by atoms with E-state index in [0.717, 1.165) is 10.9 Å². The fourth-order valence-corrected chi connectivity index (χ4v) is 1.88. The van der Waals surface area contributed by atoms with Gasteiger partial charge in [-0.25, -0.2) is 4.79 Å². The Hall–Kier alpha value is -2.34. The van der Waals surface area contributed by atoms with Gasteiger partial charge in [0.15, 0.2) is 6.10 Å². The first-order valence-electron chi connectivity index (χ1n) is 6.67. The van der Waals surface area contributed by atoms with Crippen molar-refractivity contribution in [2.45, 2.75) is 13.0 Å². The lowest BCUT2D eigenvalue weighted by Gasteiger charge is -2.12. The summed E-state index contributed by atoms with van der Waals surface area (Å²) in [6.07, 6.45) is -0.860. The molecule has 2 aromatic rings. The molecule has 6 heteroatoms. The lowest BCUT2D eigenvalue weighted by Crippen LogP contribution is -2.37. The number of nitrogens with one attached hydrogen (secondary N) is 2. The Kier molecular flexibility index (Phi) is 4.94. The summed E-state index contributed by atoms with van der Waals surface area (Å²) < 4.78 is 9.96. The molecule has 1 amide bonds. The number of amides is 1. The number of H-pyrrole nitrogens is 1. The molecule has 0 spiro atoms. The van der Waals surface area contributed by atoms with Gasteiger partial charge in [0.25, 0.3) is 5.91 Å². The van der Waals surface area contributed by atoms with Crippen LogP contribution in [-0.4, -0.2) is 43.2 Å². The summed E-state index contributed by atoms with van der Waals surface area (Å²) in [4.78, 5) is 26.7. The molecule has 6 nitrogen and oxygen atoms in total. The van der Waals surface area contributed by atoms with E-state index < -0.39 is 12.1 Å². The van der Waals surface area contributed by atoms with Crippen LogP contribution in [0.25, 0.3) is 10.9 Å². The van der Waals surface area contributed by atoms with E-state index >= 15 is 0 Å². The highest BCUT2D eigenvalue weighted by Gasteiger charge is 2.19. The number of ether oxygens (including phenoxy) is 2. The van der Waals surface area contributed by atoms with Gasteiger partial charge in [-0.1, -0.05) is 18.2 Å². The molecule has 0 fully saturated rings. The number of carbonyl (C=O) groups is 2. The van der Waals surface area contributed by atoms with Crippen LogP contribution in [0.5, 0.6) is 0 Å². The maximum atomic E-state index is 12.0. The molecule has 0 aliphatic rings. The molecule has 1 aromatic carbocycles. The Labute approximate surface area is 122 Å². The molecule has 0 saturated heterocycles. The van der Waals surface area contributed by atoms with Crippen LogP contribution >= 0.6 is 0 Å². The second-order valence-corrected chi connectivity index (χ2v) is 4.60. The average Bonchev–Trinajstić information content (AvgIpc) is 2.91. The number of hydrogen-bond acceptors (Lipinski definition) is 4. The molecule has 1 unspecified atom stereocenters. The van der Waals surface area contributed by atoms with Crippen LogP contribution in [0.15, 0.2) is 30.3 Å². The molecule has 0 saturated carbocycles. The zero-order valence-corrected chi connectivity index (χ0v) is 12.0. The lowest BCUT2D eigenvalue weighted by atomic mass is 10.2. The fourth-order valence-electron chi connectivity index (χ4n) is 1.88. The van der Waals surface area contributed by atoms with Gasteiger partial charge in [-0.2, -0.15) is 0 Å². The van der Waals surface area contributed by atoms with Crippen molar-refractivity contribution in [2.24, 2.45) is 0 Å². The number of rotatable bonds is 6. The molecule has 0 bridgehead atoms. The summed E-state index contributed by atoms with van der Waals surface area (Å²) in [6, 6.07) is 9.22. The maximum Gasteiger partial charge on any atom is 0.355 e. The highest BCUT2D eigenvalue weighted by Crippen LogP contribution is 2.15. The van der Waals surface area contributed by atoms with E-state index in [2.05, 4.69) is 10.3 Å². The normalized spacial score (nSPS) is 12.1. The van der Waals surface area contributed by atoms with Crippen molar-refractivity contribution in [3.63, 3.8) is 0 Å². The van der Waals surface area contributed by atoms with E-state index in [-0.39, 0.29) is 5.91 Å². The predicted molar refractivity (Wildman–Crippen MR) is 78.1 cm³/mol. The summed E-state index contributed by atoms with van der Waals surface area (Å²) in [6.45, 7) is 2.32. The number of carbonyl (C=O) groups excluding carboxylic acids is 2. The van der Waals surface area contributed by atoms with Crippen molar-refractivity contribution in [3.05, 3.63) is 36.0 Å². The van der Waals surface area contributed by atoms with Crippen LogP contribution in [0.3, 0.4) is 0 Å². The Morgan fingerprint density at radius 1 is 1.33 bits per heavy atom. The Morgan fingerprint density at radius 3 is 2.81 bits per heavy atom. The van der Waals surface area contributed by atoms with Crippen molar-refractivity contribution in [1.29, 1.82) is 0 Å². The smallest absolute Gasteiger partial charge is 0.355 e. The third-order valence-corrected chi connectivity index (χ3v) is 3.01. The Morgan fingerprint density at radius 2 is 2.10 bits per heavy atom. The van der Waals surface area contributed by atoms with Crippen LogP contribution < -0.4 is 5.32 Å². The molecular weight excluding hydrogens is 272 g/mol. The van der Waals surface area contributed by atoms with Gasteiger partial charge >= 0.3 is 5.97 Å². The summed E-state index contributed by atoms with van der Waals surface area (Å²) in [7, 11) is 1.55. The standard InChI is InChI=1S/C15H18N2O4/c1-10(14(18)16-7-8-20-2)21-15(19)13-9-11-5-3-4-6-12(11)17-13/h3-6,9-10,17H,7-8H2,1-2H3,(H,16,18). The second-order valence-electron chi connectivity index (χ2n) is 4.60. The zero-order chi connectivity index (χ0) is 15.2. The van der Waals surface area contributed by atoms with Crippen molar-refractivity contribution in [2.75, 3.05) is 20.3 Å². The van der Waals surface area contributed by atoms with Gasteiger partial charge in [-0.15, -0.1) is 0 Å². The number of benzene rings is 1. The molecule has 112 valence electrons. The number of methoxy groups -OCH3 is 1. The zero-order valence-electron chi connectivity index (χ0n) is 12.0. The van der Waals surface area contributed by atoms with Crippen LogP contribution in [0, 0.1) is 0 Å². The number of hydrogen-bond donors (Lipinski definition) is 2. The molecule has 21 heavy (non-hydrogen) atoms. The molecule has 0 aliphatic heterocycles. The molecule has 1 atom stereocenters. The number of aromatic nitrogens is 1. The van der Waals surface area contributed by atoms with Gasteiger partial charge in [0.1, 0.15) is 5.69 Å². The average molecular weight is 290 g/mol. The van der Waals surface area contributed by atoms with Gasteiger partial charge in [-0.05, 0) is 19.1 Å². The first kappa shape index (κ1) is 15.1. The predicted octanol–water partition coefficient (Wildman–Crippen LogP) is 1.48. The molecule has 0 radical (unpaired) electrons. The van der Waals surface area contributed by atoms with Crippen molar-refractivity contribution >= 4 is 22.8 Å². The molecule has 2 rings (SSSR count). The third kappa shape index (κ3) is 3.82. The van der Waals surface area contributed by atoms with E-state index in [1.165, 1.54) is 6.92 Å². The first-order valence-corrected chi connectivity index (χ1v) is 6.67. The van der Waals surface area contributed by atoms with Gasteiger partial charge in [-0.3, -0.25) is 4.79 Å². The van der Waals surface area contributed by atoms with Gasteiger partial charge in [0.05, 0.1) is 6.61 Å². The third-order valence-electron chi connectivity index (χ3n) is 3.01. The SMILES string of the molecule is COCCNC(=O)C(C)OC(=O)c1cc2ccccc2[nH]1. The first-order chi connectivity index (χ1) is 10.1. The van der Waals surface area contributed by atoms with Crippen LogP contribution in [-0.2, 0) is 14.3 Å². The van der Waals surface area contributed by atoms with Crippen molar-refractivity contribution in [1.82, 2.24) is 10.3 Å². The van der Waals surface area contributed by atoms with Crippen LogP contribution in [0.1, 0.15) is 17.4 Å².